The predicted molar refractivity (Wildman–Crippen MR) is 69.4 cm³/mol. The number of hydrogen-bond acceptors (Lipinski definition) is 1. The molecule has 0 fully saturated rings. The average molecular weight is 205 g/mol. The quantitative estimate of drug-likeness (QED) is 0.509. The van der Waals surface area contributed by atoms with Crippen LogP contribution in [0.15, 0.2) is 36.5 Å². The van der Waals surface area contributed by atoms with E-state index in [1.165, 1.54) is 0 Å². The minimum absolute atomic E-state index is 0.0214. The summed E-state index contributed by atoms with van der Waals surface area (Å²) in [6, 6.07) is 0. The molecule has 0 aromatic carbocycles. The molecule has 15 heavy (non-hydrogen) atoms. The summed E-state index contributed by atoms with van der Waals surface area (Å²) < 4.78 is 0. The molecule has 0 atom stereocenters. The van der Waals surface area contributed by atoms with Gasteiger partial charge in [0.2, 0.25) is 0 Å². The molecule has 0 heterocycles. The van der Waals surface area contributed by atoms with Crippen molar-refractivity contribution in [2.75, 3.05) is 0 Å². The highest BCUT2D eigenvalue weighted by molar-refractivity contribution is 5.99. The average Bonchev–Trinajstić information content (AvgIpc) is 2.12. The van der Waals surface area contributed by atoms with E-state index < -0.39 is 0 Å². The zero-order chi connectivity index (χ0) is 12.2. The first-order valence-electron chi connectivity index (χ1n) is 5.33. The van der Waals surface area contributed by atoms with E-state index >= 15 is 0 Å². The van der Waals surface area contributed by atoms with Gasteiger partial charge in [0.1, 0.15) is 0 Å². The first-order valence-corrected chi connectivity index (χ1v) is 5.33. The molecule has 0 bridgehead atoms. The van der Waals surface area contributed by atoms with Gasteiger partial charge in [-0.2, -0.15) is 0 Å². The second-order valence-electron chi connectivity index (χ2n) is 4.80. The molecule has 0 aliphatic heterocycles. The van der Waals surface area contributed by atoms with Crippen LogP contribution >= 0.6 is 0 Å². The molecule has 0 amide bonds. The molecule has 0 aromatic rings. The minimum atomic E-state index is 0.0214. The molecular weight excluding hydrogens is 182 g/mol. The SMILES string of the molecule is C=C/C=C(\C(=C)C(C)=N)C(C)(C)C(C)C. The van der Waals surface area contributed by atoms with Crippen molar-refractivity contribution in [2.45, 2.75) is 34.6 Å². The fourth-order valence-corrected chi connectivity index (χ4v) is 1.34. The lowest BCUT2D eigenvalue weighted by atomic mass is 9.71. The molecule has 1 N–H and O–H groups in total. The number of hydrogen-bond donors (Lipinski definition) is 1. The zero-order valence-corrected chi connectivity index (χ0v) is 10.6. The summed E-state index contributed by atoms with van der Waals surface area (Å²) in [5.41, 5.74) is 2.47. The van der Waals surface area contributed by atoms with E-state index in [-0.39, 0.29) is 5.41 Å². The molecule has 0 aromatic heterocycles. The molecule has 1 heteroatoms. The Hall–Kier alpha value is -1.11. The lowest BCUT2D eigenvalue weighted by Crippen LogP contribution is -2.24. The summed E-state index contributed by atoms with van der Waals surface area (Å²) in [7, 11) is 0. The third kappa shape index (κ3) is 3.19. The molecule has 0 rings (SSSR count). The Kier molecular flexibility index (Phi) is 4.73. The summed E-state index contributed by atoms with van der Waals surface area (Å²) in [5.74, 6) is 0.500. The lowest BCUT2D eigenvalue weighted by molar-refractivity contribution is 0.315. The highest BCUT2D eigenvalue weighted by Gasteiger charge is 2.28. The molecule has 0 spiro atoms. The van der Waals surface area contributed by atoms with E-state index in [1.807, 2.05) is 6.08 Å². The Morgan fingerprint density at radius 1 is 1.33 bits per heavy atom. The standard InChI is InChI=1S/C14H23N/c1-8-9-13(11(4)12(5)15)14(6,7)10(2)3/h8-10,15H,1,4H2,2-3,5-7H3/b13-9+,15-12?. The van der Waals surface area contributed by atoms with Crippen molar-refractivity contribution in [3.8, 4) is 0 Å². The van der Waals surface area contributed by atoms with Gasteiger partial charge in [-0.15, -0.1) is 0 Å². The summed E-state index contributed by atoms with van der Waals surface area (Å²) in [6.45, 7) is 18.2. The Morgan fingerprint density at radius 2 is 1.80 bits per heavy atom. The van der Waals surface area contributed by atoms with Crippen LogP contribution in [0.4, 0.5) is 0 Å². The van der Waals surface area contributed by atoms with Gasteiger partial charge in [0, 0.05) is 5.71 Å². The first-order chi connectivity index (χ1) is 6.75. The Morgan fingerprint density at radius 3 is 2.07 bits per heavy atom. The normalized spacial score (nSPS) is 12.8. The molecule has 84 valence electrons. The van der Waals surface area contributed by atoms with Crippen molar-refractivity contribution in [3.05, 3.63) is 36.5 Å². The lowest BCUT2D eigenvalue weighted by Gasteiger charge is -2.33. The predicted octanol–water partition coefficient (Wildman–Crippen LogP) is 4.38. The van der Waals surface area contributed by atoms with Gasteiger partial charge in [-0.05, 0) is 29.4 Å². The molecule has 0 radical (unpaired) electrons. The maximum atomic E-state index is 7.66. The smallest absolute Gasteiger partial charge is 0.0352 e. The molecule has 0 aliphatic rings. The van der Waals surface area contributed by atoms with Gasteiger partial charge in [0.25, 0.3) is 0 Å². The van der Waals surface area contributed by atoms with Crippen molar-refractivity contribution >= 4 is 5.71 Å². The van der Waals surface area contributed by atoms with Gasteiger partial charge in [-0.1, -0.05) is 53.0 Å². The van der Waals surface area contributed by atoms with Gasteiger partial charge in [0.15, 0.2) is 0 Å². The van der Waals surface area contributed by atoms with E-state index in [0.29, 0.717) is 11.6 Å². The highest BCUT2D eigenvalue weighted by Crippen LogP contribution is 2.38. The van der Waals surface area contributed by atoms with Crippen molar-refractivity contribution in [2.24, 2.45) is 11.3 Å². The van der Waals surface area contributed by atoms with Crippen LogP contribution in [0.2, 0.25) is 0 Å². The summed E-state index contributed by atoms with van der Waals surface area (Å²) in [6.07, 6.45) is 3.74. The summed E-state index contributed by atoms with van der Waals surface area (Å²) >= 11 is 0. The Labute approximate surface area is 94.1 Å². The molecular formula is C14H23N. The van der Waals surface area contributed by atoms with Crippen molar-refractivity contribution < 1.29 is 0 Å². The fourth-order valence-electron chi connectivity index (χ4n) is 1.34. The van der Waals surface area contributed by atoms with Crippen LogP contribution in [0.5, 0.6) is 0 Å². The van der Waals surface area contributed by atoms with Crippen LogP contribution in [0.3, 0.4) is 0 Å². The van der Waals surface area contributed by atoms with Gasteiger partial charge in [-0.3, -0.25) is 0 Å². The molecule has 0 saturated heterocycles. The van der Waals surface area contributed by atoms with Crippen molar-refractivity contribution in [3.63, 3.8) is 0 Å². The summed E-state index contributed by atoms with van der Waals surface area (Å²) in [5, 5.41) is 7.66. The Balaban J connectivity index is 5.35. The van der Waals surface area contributed by atoms with Gasteiger partial charge >= 0.3 is 0 Å². The molecule has 0 unspecified atom stereocenters. The number of rotatable bonds is 5. The van der Waals surface area contributed by atoms with E-state index in [0.717, 1.165) is 11.1 Å². The van der Waals surface area contributed by atoms with Crippen LogP contribution in [0.1, 0.15) is 34.6 Å². The maximum absolute atomic E-state index is 7.66. The molecule has 0 saturated carbocycles. The summed E-state index contributed by atoms with van der Waals surface area (Å²) in [4.78, 5) is 0. The first kappa shape index (κ1) is 13.9. The number of nitrogens with one attached hydrogen (secondary N) is 1. The topological polar surface area (TPSA) is 23.9 Å². The second kappa shape index (κ2) is 5.11. The van der Waals surface area contributed by atoms with E-state index in [9.17, 15) is 0 Å². The van der Waals surface area contributed by atoms with Crippen molar-refractivity contribution in [1.82, 2.24) is 0 Å². The fraction of sp³-hybridized carbons (Fsp3) is 0.500. The monoisotopic (exact) mass is 205 g/mol. The molecule has 0 aliphatic carbocycles. The van der Waals surface area contributed by atoms with Crippen LogP contribution in [0, 0.1) is 16.7 Å². The third-order valence-electron chi connectivity index (χ3n) is 3.20. The third-order valence-corrected chi connectivity index (χ3v) is 3.20. The van der Waals surface area contributed by atoms with Crippen LogP contribution in [0.25, 0.3) is 0 Å². The largest absolute Gasteiger partial charge is 0.305 e. The Bertz CT molecular complexity index is 303. The number of allylic oxidation sites excluding steroid dienone is 4. The second-order valence-corrected chi connectivity index (χ2v) is 4.80. The highest BCUT2D eigenvalue weighted by atomic mass is 14.4. The van der Waals surface area contributed by atoms with Crippen LogP contribution in [-0.4, -0.2) is 5.71 Å². The molecule has 1 nitrogen and oxygen atoms in total. The van der Waals surface area contributed by atoms with Gasteiger partial charge in [-0.25, -0.2) is 0 Å². The van der Waals surface area contributed by atoms with Gasteiger partial charge < -0.3 is 5.41 Å². The van der Waals surface area contributed by atoms with Crippen LogP contribution in [-0.2, 0) is 0 Å². The minimum Gasteiger partial charge on any atom is -0.305 e. The van der Waals surface area contributed by atoms with Crippen molar-refractivity contribution in [1.29, 1.82) is 5.41 Å². The zero-order valence-electron chi connectivity index (χ0n) is 10.6. The van der Waals surface area contributed by atoms with Gasteiger partial charge in [0.05, 0.1) is 0 Å². The van der Waals surface area contributed by atoms with Crippen LogP contribution < -0.4 is 0 Å². The maximum Gasteiger partial charge on any atom is 0.0352 e. The van der Waals surface area contributed by atoms with E-state index in [1.54, 1.807) is 13.0 Å². The van der Waals surface area contributed by atoms with E-state index in [2.05, 4.69) is 40.9 Å². The van der Waals surface area contributed by atoms with E-state index in [4.69, 9.17) is 5.41 Å².